The van der Waals surface area contributed by atoms with Crippen molar-refractivity contribution in [2.24, 2.45) is 0 Å². The predicted octanol–water partition coefficient (Wildman–Crippen LogP) is 5.93. The van der Waals surface area contributed by atoms with Crippen LogP contribution in [0, 0.1) is 6.92 Å². The van der Waals surface area contributed by atoms with Crippen LogP contribution in [0.15, 0.2) is 24.3 Å². The summed E-state index contributed by atoms with van der Waals surface area (Å²) >= 11 is 0. The Labute approximate surface area is 174 Å². The summed E-state index contributed by atoms with van der Waals surface area (Å²) in [5.74, 6) is -0.0754. The smallest absolute Gasteiger partial charge is 0.355 e. The maximum Gasteiger partial charge on any atom is 0.355 e. The number of esters is 1. The molecular weight excluding hydrogens is 362 g/mol. The fraction of sp³-hybridized carbons (Fsp3) is 0.520. The standard InChI is InChI=1S/C25H33NO3/c1-4-6-7-8-9-14-29-25(28)24-17(3)23-21(26-24)15-20(16-22(23)27)19-12-10-18(5-2)11-13-19/h10-13,20,26H,4-9,14-16H2,1-3H3. The van der Waals surface area contributed by atoms with Gasteiger partial charge in [-0.25, -0.2) is 4.79 Å². The molecule has 0 radical (unpaired) electrons. The predicted molar refractivity (Wildman–Crippen MR) is 116 cm³/mol. The lowest BCUT2D eigenvalue weighted by molar-refractivity contribution is 0.0490. The lowest BCUT2D eigenvalue weighted by atomic mass is 9.81. The van der Waals surface area contributed by atoms with Gasteiger partial charge in [0.15, 0.2) is 5.78 Å². The van der Waals surface area contributed by atoms with Crippen LogP contribution in [0.5, 0.6) is 0 Å². The van der Waals surface area contributed by atoms with Gasteiger partial charge in [-0.3, -0.25) is 4.79 Å². The number of aromatic amines is 1. The number of fused-ring (bicyclic) bond motifs is 1. The summed E-state index contributed by atoms with van der Waals surface area (Å²) in [4.78, 5) is 28.6. The van der Waals surface area contributed by atoms with Gasteiger partial charge in [0, 0.05) is 17.7 Å². The number of ketones is 1. The molecule has 3 rings (SSSR count). The van der Waals surface area contributed by atoms with E-state index in [1.54, 1.807) is 0 Å². The molecule has 1 N–H and O–H groups in total. The second-order valence-electron chi connectivity index (χ2n) is 8.15. The van der Waals surface area contributed by atoms with E-state index in [1.165, 1.54) is 30.4 Å². The van der Waals surface area contributed by atoms with Crippen molar-refractivity contribution < 1.29 is 14.3 Å². The van der Waals surface area contributed by atoms with Crippen LogP contribution in [-0.4, -0.2) is 23.3 Å². The maximum absolute atomic E-state index is 12.8. The number of nitrogens with one attached hydrogen (secondary N) is 1. The number of carbonyl (C=O) groups is 2. The van der Waals surface area contributed by atoms with Gasteiger partial charge in [-0.05, 0) is 48.8 Å². The number of carbonyl (C=O) groups excluding carboxylic acids is 2. The minimum Gasteiger partial charge on any atom is -0.461 e. The van der Waals surface area contributed by atoms with Crippen LogP contribution >= 0.6 is 0 Å². The van der Waals surface area contributed by atoms with Gasteiger partial charge in [0.05, 0.1) is 6.61 Å². The van der Waals surface area contributed by atoms with Crippen LogP contribution in [0.2, 0.25) is 0 Å². The zero-order valence-corrected chi connectivity index (χ0v) is 18.0. The molecule has 1 atom stereocenters. The molecule has 4 heteroatoms. The van der Waals surface area contributed by atoms with Gasteiger partial charge in [0.25, 0.3) is 0 Å². The van der Waals surface area contributed by atoms with Gasteiger partial charge in [0.1, 0.15) is 5.69 Å². The molecule has 0 saturated carbocycles. The summed E-state index contributed by atoms with van der Waals surface area (Å²) < 4.78 is 5.46. The summed E-state index contributed by atoms with van der Waals surface area (Å²) in [6.45, 7) is 6.61. The van der Waals surface area contributed by atoms with E-state index in [0.717, 1.165) is 36.9 Å². The highest BCUT2D eigenvalue weighted by molar-refractivity contribution is 6.03. The van der Waals surface area contributed by atoms with E-state index < -0.39 is 0 Å². The van der Waals surface area contributed by atoms with Gasteiger partial charge in [-0.1, -0.05) is 63.8 Å². The molecule has 4 nitrogen and oxygen atoms in total. The number of aryl methyl sites for hydroxylation is 1. The normalized spacial score (nSPS) is 16.0. The number of H-pyrrole nitrogens is 1. The first-order valence-corrected chi connectivity index (χ1v) is 11.1. The van der Waals surface area contributed by atoms with Crippen molar-refractivity contribution in [3.8, 4) is 0 Å². The molecule has 1 heterocycles. The van der Waals surface area contributed by atoms with Crippen molar-refractivity contribution in [2.75, 3.05) is 6.61 Å². The number of Topliss-reactive ketones (excluding diaryl/α,β-unsaturated/α-hetero) is 1. The third kappa shape index (κ3) is 4.98. The van der Waals surface area contributed by atoms with Crippen molar-refractivity contribution in [2.45, 2.75) is 78.1 Å². The second kappa shape index (κ2) is 9.91. The van der Waals surface area contributed by atoms with Crippen LogP contribution < -0.4 is 0 Å². The van der Waals surface area contributed by atoms with Crippen LogP contribution in [0.4, 0.5) is 0 Å². The van der Waals surface area contributed by atoms with Gasteiger partial charge >= 0.3 is 5.97 Å². The number of hydrogen-bond acceptors (Lipinski definition) is 3. The minimum atomic E-state index is -0.343. The summed E-state index contributed by atoms with van der Waals surface area (Å²) in [5, 5.41) is 0. The van der Waals surface area contributed by atoms with E-state index in [4.69, 9.17) is 4.74 Å². The molecule has 1 aromatic heterocycles. The van der Waals surface area contributed by atoms with E-state index in [-0.39, 0.29) is 17.7 Å². The summed E-state index contributed by atoms with van der Waals surface area (Å²) in [5.41, 5.74) is 5.23. The van der Waals surface area contributed by atoms with Gasteiger partial charge in [-0.15, -0.1) is 0 Å². The van der Waals surface area contributed by atoms with Crippen molar-refractivity contribution in [3.63, 3.8) is 0 Å². The Morgan fingerprint density at radius 2 is 1.79 bits per heavy atom. The van der Waals surface area contributed by atoms with Gasteiger partial charge in [0.2, 0.25) is 0 Å². The van der Waals surface area contributed by atoms with E-state index >= 15 is 0 Å². The molecule has 0 spiro atoms. The molecule has 1 aromatic carbocycles. The Morgan fingerprint density at radius 1 is 1.07 bits per heavy atom. The van der Waals surface area contributed by atoms with Crippen molar-refractivity contribution in [1.29, 1.82) is 0 Å². The van der Waals surface area contributed by atoms with E-state index in [9.17, 15) is 9.59 Å². The number of unbranched alkanes of at least 4 members (excludes halogenated alkanes) is 4. The molecule has 1 aliphatic carbocycles. The number of rotatable bonds is 9. The first-order valence-electron chi connectivity index (χ1n) is 11.1. The third-order valence-electron chi connectivity index (χ3n) is 6.03. The van der Waals surface area contributed by atoms with Crippen LogP contribution in [-0.2, 0) is 17.6 Å². The average molecular weight is 396 g/mol. The zero-order chi connectivity index (χ0) is 20.8. The fourth-order valence-electron chi connectivity index (χ4n) is 4.24. The van der Waals surface area contributed by atoms with Crippen molar-refractivity contribution >= 4 is 11.8 Å². The van der Waals surface area contributed by atoms with E-state index in [0.29, 0.717) is 24.3 Å². The number of hydrogen-bond donors (Lipinski definition) is 1. The van der Waals surface area contributed by atoms with Crippen LogP contribution in [0.25, 0.3) is 0 Å². The molecule has 1 unspecified atom stereocenters. The van der Waals surface area contributed by atoms with E-state index in [1.807, 2.05) is 6.92 Å². The Morgan fingerprint density at radius 3 is 2.48 bits per heavy atom. The first kappa shape index (κ1) is 21.4. The van der Waals surface area contributed by atoms with Gasteiger partial charge in [-0.2, -0.15) is 0 Å². The SMILES string of the molecule is CCCCCCCOC(=O)c1[nH]c2c(c1C)C(=O)CC(c1ccc(CC)cc1)C2. The molecule has 0 amide bonds. The molecule has 0 saturated heterocycles. The minimum absolute atomic E-state index is 0.114. The highest BCUT2D eigenvalue weighted by Crippen LogP contribution is 2.35. The van der Waals surface area contributed by atoms with Crippen LogP contribution in [0.1, 0.15) is 102 Å². The second-order valence-corrected chi connectivity index (χ2v) is 8.15. The molecule has 29 heavy (non-hydrogen) atoms. The maximum atomic E-state index is 12.8. The van der Waals surface area contributed by atoms with Crippen molar-refractivity contribution in [1.82, 2.24) is 4.98 Å². The van der Waals surface area contributed by atoms with Crippen LogP contribution in [0.3, 0.4) is 0 Å². The summed E-state index contributed by atoms with van der Waals surface area (Å²) in [6.07, 6.45) is 7.82. The Balaban J connectivity index is 1.67. The number of ether oxygens (including phenoxy) is 1. The largest absolute Gasteiger partial charge is 0.461 e. The number of aromatic nitrogens is 1. The number of benzene rings is 1. The average Bonchev–Trinajstić information content (AvgIpc) is 3.07. The molecule has 0 bridgehead atoms. The molecule has 0 fully saturated rings. The van der Waals surface area contributed by atoms with Crippen molar-refractivity contribution in [3.05, 3.63) is 57.9 Å². The molecule has 156 valence electrons. The lowest BCUT2D eigenvalue weighted by Crippen LogP contribution is -2.18. The lowest BCUT2D eigenvalue weighted by Gasteiger charge is -2.22. The van der Waals surface area contributed by atoms with Gasteiger partial charge < -0.3 is 9.72 Å². The zero-order valence-electron chi connectivity index (χ0n) is 18.0. The fourth-order valence-corrected chi connectivity index (χ4v) is 4.24. The molecule has 0 aliphatic heterocycles. The molecule has 2 aromatic rings. The van der Waals surface area contributed by atoms with E-state index in [2.05, 4.69) is 43.1 Å². The topological polar surface area (TPSA) is 59.2 Å². The Hall–Kier alpha value is -2.36. The Bertz CT molecular complexity index is 848. The first-order chi connectivity index (χ1) is 14.0. The highest BCUT2D eigenvalue weighted by Gasteiger charge is 2.32. The Kier molecular flexibility index (Phi) is 7.29. The summed E-state index contributed by atoms with van der Waals surface area (Å²) in [6, 6.07) is 8.54. The molecular formula is C25H33NO3. The summed E-state index contributed by atoms with van der Waals surface area (Å²) in [7, 11) is 0. The monoisotopic (exact) mass is 395 g/mol. The molecule has 1 aliphatic rings. The third-order valence-corrected chi connectivity index (χ3v) is 6.03. The quantitative estimate of drug-likeness (QED) is 0.423. The highest BCUT2D eigenvalue weighted by atomic mass is 16.5.